The Morgan fingerprint density at radius 2 is 2.29 bits per heavy atom. The zero-order valence-electron chi connectivity index (χ0n) is 9.86. The smallest absolute Gasteiger partial charge is 0.310 e. The molecule has 3 nitrogen and oxygen atoms in total. The second kappa shape index (κ2) is 7.30. The Morgan fingerprint density at radius 3 is 2.88 bits per heavy atom. The summed E-state index contributed by atoms with van der Waals surface area (Å²) >= 11 is 5.87. The first-order valence-corrected chi connectivity index (χ1v) is 5.98. The third-order valence-electron chi connectivity index (χ3n) is 2.66. The number of ether oxygens (including phenoxy) is 1. The highest BCUT2D eigenvalue weighted by Gasteiger charge is 2.17. The second-order valence-electron chi connectivity index (χ2n) is 3.92. The predicted molar refractivity (Wildman–Crippen MR) is 67.0 cm³/mol. The average Bonchev–Trinajstić information content (AvgIpc) is 2.34. The van der Waals surface area contributed by atoms with Gasteiger partial charge in [-0.3, -0.25) is 4.79 Å². The molecule has 1 aromatic carbocycles. The zero-order valence-corrected chi connectivity index (χ0v) is 10.6. The van der Waals surface area contributed by atoms with Crippen molar-refractivity contribution in [2.24, 2.45) is 5.92 Å². The van der Waals surface area contributed by atoms with E-state index in [1.54, 1.807) is 0 Å². The van der Waals surface area contributed by atoms with E-state index >= 15 is 0 Å². The minimum absolute atomic E-state index is 0.164. The number of carbonyl (C=O) groups excluding carboxylic acids is 1. The van der Waals surface area contributed by atoms with E-state index in [9.17, 15) is 4.79 Å². The first kappa shape index (κ1) is 14.0. The number of halogens is 1. The van der Waals surface area contributed by atoms with E-state index < -0.39 is 5.92 Å². The lowest BCUT2D eigenvalue weighted by molar-refractivity contribution is -0.147. The zero-order chi connectivity index (χ0) is 12.7. The molecule has 1 atom stereocenters. The summed E-state index contributed by atoms with van der Waals surface area (Å²) in [6.45, 7) is -0.164. The Kier molecular flexibility index (Phi) is 6.01. The van der Waals surface area contributed by atoms with Gasteiger partial charge in [-0.2, -0.15) is 0 Å². The van der Waals surface area contributed by atoms with Crippen LogP contribution in [-0.2, 0) is 16.0 Å². The third kappa shape index (κ3) is 4.75. The summed E-state index contributed by atoms with van der Waals surface area (Å²) in [6.07, 6.45) is 2.28. The lowest BCUT2D eigenvalue weighted by Crippen LogP contribution is -2.20. The number of aryl methyl sites for hydroxylation is 1. The van der Waals surface area contributed by atoms with E-state index in [1.807, 2.05) is 24.3 Å². The van der Waals surface area contributed by atoms with Gasteiger partial charge in [0.25, 0.3) is 0 Å². The molecule has 1 aromatic rings. The van der Waals surface area contributed by atoms with Crippen LogP contribution < -0.4 is 0 Å². The predicted octanol–water partition coefficient (Wildman–Crippen LogP) is 2.44. The van der Waals surface area contributed by atoms with Crippen LogP contribution in [0.2, 0.25) is 5.02 Å². The summed E-state index contributed by atoms with van der Waals surface area (Å²) in [5, 5.41) is 9.76. The van der Waals surface area contributed by atoms with Gasteiger partial charge in [0.1, 0.15) is 0 Å². The molecule has 0 heterocycles. The number of aliphatic hydroxyl groups is 1. The normalized spacial score (nSPS) is 12.2. The van der Waals surface area contributed by atoms with Gasteiger partial charge in [0, 0.05) is 5.02 Å². The fourth-order valence-electron chi connectivity index (χ4n) is 1.70. The Labute approximate surface area is 106 Å². The molecule has 94 valence electrons. The van der Waals surface area contributed by atoms with Crippen molar-refractivity contribution in [3.63, 3.8) is 0 Å². The Balaban J connectivity index is 2.38. The van der Waals surface area contributed by atoms with Crippen molar-refractivity contribution in [2.75, 3.05) is 13.7 Å². The van der Waals surface area contributed by atoms with Crippen LogP contribution in [0.1, 0.15) is 18.4 Å². The summed E-state index contributed by atoms with van der Waals surface area (Å²) < 4.78 is 4.61. The number of hydrogen-bond donors (Lipinski definition) is 1. The van der Waals surface area contributed by atoms with E-state index in [-0.39, 0.29) is 12.6 Å². The number of methoxy groups -OCH3 is 1. The molecule has 0 aliphatic rings. The van der Waals surface area contributed by atoms with Crippen LogP contribution in [0.3, 0.4) is 0 Å². The number of hydrogen-bond acceptors (Lipinski definition) is 3. The summed E-state index contributed by atoms with van der Waals surface area (Å²) in [5.41, 5.74) is 1.14. The topological polar surface area (TPSA) is 46.5 Å². The molecular weight excluding hydrogens is 240 g/mol. The molecule has 0 aliphatic heterocycles. The van der Waals surface area contributed by atoms with E-state index in [4.69, 9.17) is 16.7 Å². The minimum atomic E-state index is -0.417. The van der Waals surface area contributed by atoms with Crippen molar-refractivity contribution in [3.05, 3.63) is 34.9 Å². The SMILES string of the molecule is COC(=O)C(CO)CCCc1cccc(Cl)c1. The Bertz CT molecular complexity index is 365. The van der Waals surface area contributed by atoms with Crippen molar-refractivity contribution in [1.29, 1.82) is 0 Å². The van der Waals surface area contributed by atoms with Crippen molar-refractivity contribution in [3.8, 4) is 0 Å². The first-order valence-electron chi connectivity index (χ1n) is 5.60. The first-order chi connectivity index (χ1) is 8.17. The molecule has 0 aromatic heterocycles. The maximum Gasteiger partial charge on any atom is 0.310 e. The van der Waals surface area contributed by atoms with Gasteiger partial charge in [-0.15, -0.1) is 0 Å². The van der Waals surface area contributed by atoms with Crippen LogP contribution in [-0.4, -0.2) is 24.8 Å². The van der Waals surface area contributed by atoms with Gasteiger partial charge in [0.2, 0.25) is 0 Å². The van der Waals surface area contributed by atoms with Crippen LogP contribution in [0.4, 0.5) is 0 Å². The highest BCUT2D eigenvalue weighted by molar-refractivity contribution is 6.30. The van der Waals surface area contributed by atoms with E-state index in [0.717, 1.165) is 18.4 Å². The van der Waals surface area contributed by atoms with Gasteiger partial charge >= 0.3 is 5.97 Å². The van der Waals surface area contributed by atoms with E-state index in [2.05, 4.69) is 4.74 Å². The number of rotatable bonds is 6. The maximum atomic E-state index is 11.2. The summed E-state index contributed by atoms with van der Waals surface area (Å²) in [5.74, 6) is -0.766. The number of benzene rings is 1. The molecule has 0 saturated carbocycles. The molecule has 0 saturated heterocycles. The lowest BCUT2D eigenvalue weighted by Gasteiger charge is -2.11. The third-order valence-corrected chi connectivity index (χ3v) is 2.90. The largest absolute Gasteiger partial charge is 0.469 e. The van der Waals surface area contributed by atoms with Gasteiger partial charge in [0.15, 0.2) is 0 Å². The minimum Gasteiger partial charge on any atom is -0.469 e. The monoisotopic (exact) mass is 256 g/mol. The van der Waals surface area contributed by atoms with Gasteiger partial charge in [-0.05, 0) is 37.0 Å². The molecule has 0 spiro atoms. The molecule has 1 N–H and O–H groups in total. The highest BCUT2D eigenvalue weighted by Crippen LogP contribution is 2.15. The van der Waals surface area contributed by atoms with Gasteiger partial charge in [-0.25, -0.2) is 0 Å². The summed E-state index contributed by atoms with van der Waals surface area (Å²) in [7, 11) is 1.34. The molecule has 0 fully saturated rings. The summed E-state index contributed by atoms with van der Waals surface area (Å²) in [6, 6.07) is 7.64. The molecule has 4 heteroatoms. The van der Waals surface area contributed by atoms with Crippen LogP contribution in [0.25, 0.3) is 0 Å². The van der Waals surface area contributed by atoms with Crippen LogP contribution in [0.5, 0.6) is 0 Å². The van der Waals surface area contributed by atoms with Crippen LogP contribution in [0, 0.1) is 5.92 Å². The van der Waals surface area contributed by atoms with Gasteiger partial charge < -0.3 is 9.84 Å². The number of aliphatic hydroxyl groups excluding tert-OH is 1. The van der Waals surface area contributed by atoms with Gasteiger partial charge in [0.05, 0.1) is 19.6 Å². The Hall–Kier alpha value is -1.06. The van der Waals surface area contributed by atoms with Crippen LogP contribution in [0.15, 0.2) is 24.3 Å². The molecule has 0 radical (unpaired) electrons. The molecule has 0 amide bonds. The number of esters is 1. The molecular formula is C13H17ClO3. The van der Waals surface area contributed by atoms with Gasteiger partial charge in [-0.1, -0.05) is 23.7 Å². The highest BCUT2D eigenvalue weighted by atomic mass is 35.5. The van der Waals surface area contributed by atoms with Crippen molar-refractivity contribution in [2.45, 2.75) is 19.3 Å². The molecule has 17 heavy (non-hydrogen) atoms. The standard InChI is InChI=1S/C13H17ClO3/c1-17-13(16)11(9-15)6-2-4-10-5-3-7-12(14)8-10/h3,5,7-8,11,15H,2,4,6,9H2,1H3. The lowest BCUT2D eigenvalue weighted by atomic mass is 10.0. The summed E-state index contributed by atoms with van der Waals surface area (Å²) in [4.78, 5) is 11.2. The quantitative estimate of drug-likeness (QED) is 0.796. The van der Waals surface area contributed by atoms with E-state index in [0.29, 0.717) is 11.4 Å². The number of carbonyl (C=O) groups is 1. The molecule has 0 bridgehead atoms. The fourth-order valence-corrected chi connectivity index (χ4v) is 1.91. The van der Waals surface area contributed by atoms with Crippen molar-refractivity contribution >= 4 is 17.6 Å². The van der Waals surface area contributed by atoms with Crippen LogP contribution >= 0.6 is 11.6 Å². The molecule has 0 aliphatic carbocycles. The maximum absolute atomic E-state index is 11.2. The van der Waals surface area contributed by atoms with Crippen molar-refractivity contribution in [1.82, 2.24) is 0 Å². The van der Waals surface area contributed by atoms with Crippen molar-refractivity contribution < 1.29 is 14.6 Å². The van der Waals surface area contributed by atoms with E-state index in [1.165, 1.54) is 7.11 Å². The Morgan fingerprint density at radius 1 is 1.53 bits per heavy atom. The average molecular weight is 257 g/mol. The second-order valence-corrected chi connectivity index (χ2v) is 4.36. The fraction of sp³-hybridized carbons (Fsp3) is 0.462. The molecule has 1 rings (SSSR count). The molecule has 1 unspecified atom stereocenters.